The van der Waals surface area contributed by atoms with E-state index >= 15 is 0 Å². The van der Waals surface area contributed by atoms with Gasteiger partial charge in [0.1, 0.15) is 0 Å². The molecule has 70 valence electrons. The minimum Gasteiger partial charge on any atom is -0.376 e. The van der Waals surface area contributed by atoms with Crippen LogP contribution in [0.1, 0.15) is 0 Å². The number of anilines is 1. The Balaban J connectivity index is 2.46. The first-order chi connectivity index (χ1) is 6.75. The van der Waals surface area contributed by atoms with E-state index in [-0.39, 0.29) is 5.11 Å². The van der Waals surface area contributed by atoms with Crippen molar-refractivity contribution >= 4 is 33.8 Å². The number of nitrogens with zero attached hydrogens (tertiary/aromatic N) is 1. The lowest BCUT2D eigenvalue weighted by molar-refractivity contribution is 1.36. The van der Waals surface area contributed by atoms with Crippen molar-refractivity contribution in [2.24, 2.45) is 5.73 Å². The molecule has 0 saturated carbocycles. The highest BCUT2D eigenvalue weighted by Crippen LogP contribution is 2.17. The van der Waals surface area contributed by atoms with Crippen molar-refractivity contribution < 1.29 is 0 Å². The van der Waals surface area contributed by atoms with Gasteiger partial charge in [-0.2, -0.15) is 0 Å². The van der Waals surface area contributed by atoms with Crippen molar-refractivity contribution in [1.29, 1.82) is 0 Å². The fourth-order valence-corrected chi connectivity index (χ4v) is 1.42. The van der Waals surface area contributed by atoms with Crippen LogP contribution in [0.15, 0.2) is 36.7 Å². The van der Waals surface area contributed by atoms with Gasteiger partial charge in [-0.1, -0.05) is 6.07 Å². The number of hydrogen-bond acceptors (Lipinski definition) is 2. The number of nitrogens with one attached hydrogen (secondary N) is 1. The standard InChI is InChI=1S/C10H9N3S/c11-10(14)13-9-2-1-7-3-4-12-6-8(7)5-9/h1-6H,(H3,11,13,14). The van der Waals surface area contributed by atoms with Gasteiger partial charge in [-0.25, -0.2) is 0 Å². The van der Waals surface area contributed by atoms with Crippen LogP contribution in [0.25, 0.3) is 10.8 Å². The molecule has 4 heteroatoms. The number of pyridine rings is 1. The predicted octanol–water partition coefficient (Wildman–Crippen LogP) is 1.89. The Morgan fingerprint density at radius 2 is 2.14 bits per heavy atom. The van der Waals surface area contributed by atoms with Crippen LogP contribution in [0.5, 0.6) is 0 Å². The highest BCUT2D eigenvalue weighted by atomic mass is 32.1. The molecule has 0 spiro atoms. The van der Waals surface area contributed by atoms with Gasteiger partial charge in [0.05, 0.1) is 0 Å². The molecule has 0 aliphatic rings. The number of nitrogens with two attached hydrogens (primary N) is 1. The molecule has 3 N–H and O–H groups in total. The lowest BCUT2D eigenvalue weighted by Gasteiger charge is -2.04. The molecule has 0 aliphatic carbocycles. The summed E-state index contributed by atoms with van der Waals surface area (Å²) in [6.45, 7) is 0. The maximum Gasteiger partial charge on any atom is 0.168 e. The number of fused-ring (bicyclic) bond motifs is 1. The van der Waals surface area contributed by atoms with E-state index in [9.17, 15) is 0 Å². The molecule has 1 heterocycles. The lowest BCUT2D eigenvalue weighted by atomic mass is 10.1. The molecular formula is C10H9N3S. The molecular weight excluding hydrogens is 194 g/mol. The van der Waals surface area contributed by atoms with Gasteiger partial charge >= 0.3 is 0 Å². The second-order valence-electron chi connectivity index (χ2n) is 2.93. The Labute approximate surface area is 86.9 Å². The molecule has 0 bridgehead atoms. The normalized spacial score (nSPS) is 10.0. The molecule has 2 aromatic rings. The minimum absolute atomic E-state index is 0.272. The van der Waals surface area contributed by atoms with E-state index in [2.05, 4.69) is 10.3 Å². The predicted molar refractivity (Wildman–Crippen MR) is 62.2 cm³/mol. The van der Waals surface area contributed by atoms with Gasteiger partial charge in [-0.05, 0) is 35.8 Å². The molecule has 0 atom stereocenters. The van der Waals surface area contributed by atoms with Gasteiger partial charge in [0.25, 0.3) is 0 Å². The Morgan fingerprint density at radius 1 is 1.29 bits per heavy atom. The topological polar surface area (TPSA) is 50.9 Å². The van der Waals surface area contributed by atoms with E-state index in [0.717, 1.165) is 16.5 Å². The van der Waals surface area contributed by atoms with Crippen molar-refractivity contribution in [2.75, 3.05) is 5.32 Å². The molecule has 0 unspecified atom stereocenters. The second-order valence-corrected chi connectivity index (χ2v) is 3.37. The van der Waals surface area contributed by atoms with E-state index in [1.165, 1.54) is 0 Å². The third kappa shape index (κ3) is 1.80. The zero-order valence-corrected chi connectivity index (χ0v) is 8.21. The summed E-state index contributed by atoms with van der Waals surface area (Å²) in [5.74, 6) is 0. The smallest absolute Gasteiger partial charge is 0.168 e. The highest BCUT2D eigenvalue weighted by Gasteiger charge is 1.96. The molecule has 3 nitrogen and oxygen atoms in total. The Bertz CT molecular complexity index is 482. The first-order valence-electron chi connectivity index (χ1n) is 4.16. The first-order valence-corrected chi connectivity index (χ1v) is 4.57. The van der Waals surface area contributed by atoms with E-state index < -0.39 is 0 Å². The summed E-state index contributed by atoms with van der Waals surface area (Å²) in [6.07, 6.45) is 3.57. The number of benzene rings is 1. The van der Waals surface area contributed by atoms with Crippen LogP contribution in [0, 0.1) is 0 Å². The number of aromatic nitrogens is 1. The van der Waals surface area contributed by atoms with Gasteiger partial charge in [0.15, 0.2) is 5.11 Å². The number of rotatable bonds is 1. The molecule has 0 saturated heterocycles. The van der Waals surface area contributed by atoms with Crippen LogP contribution < -0.4 is 11.1 Å². The average Bonchev–Trinajstić information content (AvgIpc) is 2.17. The maximum atomic E-state index is 5.37. The number of thiocarbonyl (C=S) groups is 1. The summed E-state index contributed by atoms with van der Waals surface area (Å²) in [4.78, 5) is 4.04. The van der Waals surface area contributed by atoms with Crippen molar-refractivity contribution in [3.05, 3.63) is 36.7 Å². The quantitative estimate of drug-likeness (QED) is 0.695. The lowest BCUT2D eigenvalue weighted by Crippen LogP contribution is -2.18. The van der Waals surface area contributed by atoms with Crippen molar-refractivity contribution in [1.82, 2.24) is 4.98 Å². The van der Waals surface area contributed by atoms with Crippen LogP contribution in [0.4, 0.5) is 5.69 Å². The Kier molecular flexibility index (Phi) is 2.28. The van der Waals surface area contributed by atoms with Crippen LogP contribution >= 0.6 is 12.2 Å². The zero-order valence-electron chi connectivity index (χ0n) is 7.40. The third-order valence-electron chi connectivity index (χ3n) is 1.91. The molecule has 2 rings (SSSR count). The van der Waals surface area contributed by atoms with E-state index in [0.29, 0.717) is 0 Å². The summed E-state index contributed by atoms with van der Waals surface area (Å²) < 4.78 is 0. The first kappa shape index (κ1) is 8.90. The summed E-state index contributed by atoms with van der Waals surface area (Å²) >= 11 is 4.75. The summed E-state index contributed by atoms with van der Waals surface area (Å²) in [5.41, 5.74) is 6.26. The van der Waals surface area contributed by atoms with E-state index in [1.807, 2.05) is 24.3 Å². The fraction of sp³-hybridized carbons (Fsp3) is 0. The van der Waals surface area contributed by atoms with Crippen molar-refractivity contribution in [3.63, 3.8) is 0 Å². The minimum atomic E-state index is 0.272. The zero-order chi connectivity index (χ0) is 9.97. The largest absolute Gasteiger partial charge is 0.376 e. The summed E-state index contributed by atoms with van der Waals surface area (Å²) in [7, 11) is 0. The van der Waals surface area contributed by atoms with Gasteiger partial charge in [0, 0.05) is 23.5 Å². The van der Waals surface area contributed by atoms with Crippen LogP contribution in [0.3, 0.4) is 0 Å². The molecule has 14 heavy (non-hydrogen) atoms. The highest BCUT2D eigenvalue weighted by molar-refractivity contribution is 7.80. The monoisotopic (exact) mass is 203 g/mol. The van der Waals surface area contributed by atoms with Crippen molar-refractivity contribution in [2.45, 2.75) is 0 Å². The summed E-state index contributed by atoms with van der Waals surface area (Å²) in [5, 5.41) is 5.36. The fourth-order valence-electron chi connectivity index (χ4n) is 1.31. The molecule has 0 amide bonds. The molecule has 0 radical (unpaired) electrons. The van der Waals surface area contributed by atoms with Crippen LogP contribution in [-0.4, -0.2) is 10.1 Å². The summed E-state index contributed by atoms with van der Waals surface area (Å²) in [6, 6.07) is 7.85. The molecule has 1 aromatic carbocycles. The third-order valence-corrected chi connectivity index (χ3v) is 2.01. The van der Waals surface area contributed by atoms with Gasteiger partial charge in [0.2, 0.25) is 0 Å². The van der Waals surface area contributed by atoms with E-state index in [1.54, 1.807) is 12.4 Å². The Hall–Kier alpha value is -1.68. The molecule has 0 aliphatic heterocycles. The van der Waals surface area contributed by atoms with Crippen molar-refractivity contribution in [3.8, 4) is 0 Å². The second kappa shape index (κ2) is 3.59. The van der Waals surface area contributed by atoms with Crippen LogP contribution in [-0.2, 0) is 0 Å². The molecule has 1 aromatic heterocycles. The Morgan fingerprint density at radius 3 is 2.93 bits per heavy atom. The average molecular weight is 203 g/mol. The van der Waals surface area contributed by atoms with Crippen LogP contribution in [0.2, 0.25) is 0 Å². The van der Waals surface area contributed by atoms with Gasteiger partial charge in [-0.3, -0.25) is 4.98 Å². The maximum absolute atomic E-state index is 5.37. The molecule has 0 fully saturated rings. The van der Waals surface area contributed by atoms with Gasteiger partial charge in [-0.15, -0.1) is 0 Å². The SMILES string of the molecule is NC(=S)Nc1ccc2ccncc2c1. The van der Waals surface area contributed by atoms with E-state index in [4.69, 9.17) is 18.0 Å². The van der Waals surface area contributed by atoms with Gasteiger partial charge < -0.3 is 11.1 Å². The number of hydrogen-bond donors (Lipinski definition) is 2.